The van der Waals surface area contributed by atoms with Crippen molar-refractivity contribution < 1.29 is 56.7 Å². The van der Waals surface area contributed by atoms with Crippen molar-refractivity contribution >= 4 is 0 Å². The molecule has 3 rings (SSSR count). The number of aliphatic hydroxyl groups is 2. The zero-order chi connectivity index (χ0) is 16.3. The molecule has 25 heavy (non-hydrogen) atoms. The van der Waals surface area contributed by atoms with Crippen LogP contribution in [0.3, 0.4) is 0 Å². The Balaban J connectivity index is 0. The van der Waals surface area contributed by atoms with Crippen LogP contribution in [0.25, 0.3) is 11.1 Å². The van der Waals surface area contributed by atoms with Crippen LogP contribution in [-0.4, -0.2) is 22.4 Å². The smallest absolute Gasteiger partial charge is 1.00 e. The monoisotopic (exact) mass is 417 g/mol. The normalized spacial score (nSPS) is 12.1. The summed E-state index contributed by atoms with van der Waals surface area (Å²) in [7, 11) is 0. The summed E-state index contributed by atoms with van der Waals surface area (Å²) in [6, 6.07) is 14.2. The molecule has 3 nitrogen and oxygen atoms in total. The number of hydrogen-bond donors (Lipinski definition) is 3. The largest absolute Gasteiger partial charge is 2.00 e. The van der Waals surface area contributed by atoms with Gasteiger partial charge in [-0.1, -0.05) is 42.5 Å². The van der Waals surface area contributed by atoms with Gasteiger partial charge in [-0.15, -0.1) is 0 Å². The maximum absolute atomic E-state index is 9.82. The van der Waals surface area contributed by atoms with Crippen LogP contribution in [0, 0.1) is 0 Å². The van der Waals surface area contributed by atoms with Crippen molar-refractivity contribution in [1.82, 2.24) is 0 Å². The maximum Gasteiger partial charge on any atom is 2.00 e. The van der Waals surface area contributed by atoms with Crippen LogP contribution in [-0.2, 0) is 28.1 Å². The minimum Gasteiger partial charge on any atom is -1.00 e. The van der Waals surface area contributed by atoms with E-state index in [0.29, 0.717) is 0 Å². The summed E-state index contributed by atoms with van der Waals surface area (Å²) in [5.74, 6) is 0. The molecule has 2 aromatic carbocycles. The molecule has 0 spiro atoms. The van der Waals surface area contributed by atoms with Gasteiger partial charge in [0, 0.05) is 5.54 Å². The van der Waals surface area contributed by atoms with Crippen LogP contribution >= 0.6 is 0 Å². The molecule has 1 atom stereocenters. The van der Waals surface area contributed by atoms with Gasteiger partial charge in [-0.3, -0.25) is 0 Å². The quantitative estimate of drug-likeness (QED) is 0.390. The van der Waals surface area contributed by atoms with Gasteiger partial charge < -0.3 is 40.8 Å². The molecule has 0 bridgehead atoms. The molecule has 0 heterocycles. The third-order valence-corrected chi connectivity index (χ3v) is 3.42. The molecule has 2 aromatic rings. The fourth-order valence-electron chi connectivity index (χ4n) is 2.59. The predicted octanol–water partition coefficient (Wildman–Crippen LogP) is -2.97. The molecule has 0 aromatic heterocycles. The standard InChI is InChI=1S/C15H14O2.C4H11N.2ClH.Ti/c16-9-15(17)13-7-3-6-12-11-5-2-1-4-10(11)8-14(12)13;1-4(2,3)5;;;/h1-7,15-17H,8-9H2;5H2,1-3H3;2*1H;/q;;;;+2/p-2. The number of aliphatic hydroxyl groups excluding tert-OH is 2. The Hall–Kier alpha value is -0.386. The number of halogens is 2. The average Bonchev–Trinajstić information content (AvgIpc) is 2.83. The molecule has 0 aliphatic heterocycles. The summed E-state index contributed by atoms with van der Waals surface area (Å²) in [5.41, 5.74) is 11.1. The van der Waals surface area contributed by atoms with Gasteiger partial charge in [0.05, 0.1) is 6.61 Å². The van der Waals surface area contributed by atoms with E-state index in [1.54, 1.807) is 0 Å². The van der Waals surface area contributed by atoms with E-state index in [0.717, 1.165) is 17.5 Å². The van der Waals surface area contributed by atoms with Gasteiger partial charge in [0.15, 0.2) is 0 Å². The van der Waals surface area contributed by atoms with Gasteiger partial charge in [0.1, 0.15) is 6.10 Å². The molecule has 1 aliphatic carbocycles. The van der Waals surface area contributed by atoms with Gasteiger partial charge in [-0.2, -0.15) is 0 Å². The minimum absolute atomic E-state index is 0. The third kappa shape index (κ3) is 7.40. The van der Waals surface area contributed by atoms with Crippen LogP contribution in [0.1, 0.15) is 43.6 Å². The molecule has 0 amide bonds. The van der Waals surface area contributed by atoms with Crippen LogP contribution in [0.4, 0.5) is 0 Å². The second-order valence-corrected chi connectivity index (χ2v) is 6.77. The molecule has 0 fully saturated rings. The fraction of sp³-hybridized carbons (Fsp3) is 0.368. The number of benzene rings is 2. The van der Waals surface area contributed by atoms with Gasteiger partial charge >= 0.3 is 21.7 Å². The van der Waals surface area contributed by atoms with E-state index in [1.807, 2.05) is 45.0 Å². The summed E-state index contributed by atoms with van der Waals surface area (Å²) >= 11 is 0. The third-order valence-electron chi connectivity index (χ3n) is 3.42. The predicted molar refractivity (Wildman–Crippen MR) is 90.7 cm³/mol. The van der Waals surface area contributed by atoms with E-state index in [4.69, 9.17) is 10.8 Å². The van der Waals surface area contributed by atoms with Crippen LogP contribution < -0.4 is 30.5 Å². The zero-order valence-corrected chi connectivity index (χ0v) is 17.8. The summed E-state index contributed by atoms with van der Waals surface area (Å²) in [6.45, 7) is 5.67. The second kappa shape index (κ2) is 11.4. The molecule has 0 radical (unpaired) electrons. The van der Waals surface area contributed by atoms with Gasteiger partial charge in [0.25, 0.3) is 0 Å². The molecule has 4 N–H and O–H groups in total. The minimum atomic E-state index is -0.778. The molecule has 0 saturated heterocycles. The first-order valence-corrected chi connectivity index (χ1v) is 7.59. The Kier molecular flexibility index (Phi) is 12.2. The van der Waals surface area contributed by atoms with E-state index in [2.05, 4.69) is 18.2 Å². The van der Waals surface area contributed by atoms with Gasteiger partial charge in [-0.05, 0) is 55.0 Å². The Morgan fingerprint density at radius 1 is 1.00 bits per heavy atom. The summed E-state index contributed by atoms with van der Waals surface area (Å²) in [4.78, 5) is 0. The molecule has 1 aliphatic rings. The number of hydrogen-bond acceptors (Lipinski definition) is 3. The SMILES string of the molecule is CC(C)(C)N.OCC(O)c1cccc2c1Cc1ccccc1-2.[Cl-].[Cl-].[Ti+2]. The summed E-state index contributed by atoms with van der Waals surface area (Å²) < 4.78 is 0. The Bertz CT molecular complexity index is 654. The Morgan fingerprint density at radius 2 is 1.52 bits per heavy atom. The van der Waals surface area contributed by atoms with Crippen molar-refractivity contribution in [3.05, 3.63) is 59.2 Å². The van der Waals surface area contributed by atoms with Gasteiger partial charge in [0.2, 0.25) is 0 Å². The van der Waals surface area contributed by atoms with Crippen molar-refractivity contribution in [3.63, 3.8) is 0 Å². The molecule has 0 saturated carbocycles. The second-order valence-electron chi connectivity index (χ2n) is 6.77. The first kappa shape index (κ1) is 26.8. The topological polar surface area (TPSA) is 66.5 Å². The summed E-state index contributed by atoms with van der Waals surface area (Å²) in [6.07, 6.45) is 0.0675. The van der Waals surface area contributed by atoms with E-state index in [9.17, 15) is 5.11 Å². The Labute approximate surface area is 177 Å². The average molecular weight is 418 g/mol. The molecule has 136 valence electrons. The van der Waals surface area contributed by atoms with Crippen molar-refractivity contribution in [2.75, 3.05) is 6.61 Å². The van der Waals surface area contributed by atoms with E-state index < -0.39 is 6.10 Å². The number of nitrogens with two attached hydrogens (primary N) is 1. The molecule has 1 unspecified atom stereocenters. The number of rotatable bonds is 2. The first-order chi connectivity index (χ1) is 10.3. The maximum atomic E-state index is 9.82. The van der Waals surface area contributed by atoms with E-state index in [1.165, 1.54) is 16.7 Å². The number of fused-ring (bicyclic) bond motifs is 3. The van der Waals surface area contributed by atoms with Crippen molar-refractivity contribution in [2.24, 2.45) is 5.73 Å². The van der Waals surface area contributed by atoms with Crippen LogP contribution in [0.15, 0.2) is 42.5 Å². The Morgan fingerprint density at radius 3 is 2.08 bits per heavy atom. The van der Waals surface area contributed by atoms with Crippen LogP contribution in [0.5, 0.6) is 0 Å². The van der Waals surface area contributed by atoms with Crippen molar-refractivity contribution in [3.8, 4) is 11.1 Å². The van der Waals surface area contributed by atoms with Crippen molar-refractivity contribution in [2.45, 2.75) is 38.8 Å². The molecular formula is C19H25Cl2NO2Ti. The summed E-state index contributed by atoms with van der Waals surface area (Å²) in [5, 5.41) is 18.9. The van der Waals surface area contributed by atoms with Crippen molar-refractivity contribution in [1.29, 1.82) is 0 Å². The first-order valence-electron chi connectivity index (χ1n) is 7.59. The molecular weight excluding hydrogens is 393 g/mol. The van der Waals surface area contributed by atoms with Crippen LogP contribution in [0.2, 0.25) is 0 Å². The molecule has 6 heteroatoms. The van der Waals surface area contributed by atoms with Gasteiger partial charge in [-0.25, -0.2) is 0 Å². The fourth-order valence-corrected chi connectivity index (χ4v) is 2.59. The zero-order valence-electron chi connectivity index (χ0n) is 14.8. The van der Waals surface area contributed by atoms with E-state index in [-0.39, 0.29) is 58.7 Å². The van der Waals surface area contributed by atoms with E-state index >= 15 is 0 Å².